The van der Waals surface area contributed by atoms with Crippen LogP contribution in [-0.4, -0.2) is 8.36 Å². The number of rotatable bonds is 1. The molecule has 86 valence electrons. The first-order chi connectivity index (χ1) is 6.73. The van der Waals surface area contributed by atoms with Gasteiger partial charge in [0, 0.05) is 5.69 Å². The van der Waals surface area contributed by atoms with E-state index in [9.17, 15) is 8.42 Å². The highest BCUT2D eigenvalue weighted by Crippen LogP contribution is 2.16. The zero-order chi connectivity index (χ0) is 12.1. The second kappa shape index (κ2) is 7.45. The van der Waals surface area contributed by atoms with E-state index in [-0.39, 0.29) is 4.90 Å². The van der Waals surface area contributed by atoms with E-state index < -0.39 is 10.0 Å². The summed E-state index contributed by atoms with van der Waals surface area (Å²) in [5, 5.41) is 4.84. The molecule has 4 N–H and O–H groups in total. The number of halogens is 3. The quantitative estimate of drug-likeness (QED) is 0.312. The van der Waals surface area contributed by atoms with Crippen molar-refractivity contribution in [2.75, 3.05) is 5.73 Å². The largest absolute Gasteiger partial charge is 0.399 e. The molecule has 0 fully saturated rings. The molecule has 0 atom stereocenters. The molecule has 8 heteroatoms. The molecular formula is C7H9I3N2O2S. The van der Waals surface area contributed by atoms with Crippen LogP contribution in [0.1, 0.15) is 0 Å². The number of nitrogens with two attached hydrogens (primary N) is 2. The van der Waals surface area contributed by atoms with Gasteiger partial charge in [0.25, 0.3) is 0 Å². The predicted molar refractivity (Wildman–Crippen MR) is 88.1 cm³/mol. The molecule has 0 radical (unpaired) electrons. The smallest absolute Gasteiger partial charge is 0.238 e. The summed E-state index contributed by atoms with van der Waals surface area (Å²) in [4.78, 5) is 0.0756. The molecular weight excluding hydrogens is 557 g/mol. The fraction of sp³-hybridized carbons (Fsp3) is 0.143. The Morgan fingerprint density at radius 2 is 1.40 bits per heavy atom. The van der Waals surface area contributed by atoms with Crippen molar-refractivity contribution in [2.45, 2.75) is 4.83 Å². The summed E-state index contributed by atoms with van der Waals surface area (Å²) in [7, 11) is -3.58. The molecule has 0 spiro atoms. The van der Waals surface area contributed by atoms with Gasteiger partial charge in [0.2, 0.25) is 10.0 Å². The maximum atomic E-state index is 10.7. The molecule has 0 aromatic heterocycles. The Bertz CT molecular complexity index is 388. The first-order valence-electron chi connectivity index (χ1n) is 3.54. The van der Waals surface area contributed by atoms with Gasteiger partial charge < -0.3 is 5.73 Å². The molecule has 15 heavy (non-hydrogen) atoms. The lowest BCUT2D eigenvalue weighted by atomic mass is 10.3. The second-order valence-corrected chi connectivity index (χ2v) is 14.8. The molecule has 4 nitrogen and oxygen atoms in total. The minimum atomic E-state index is -3.58. The van der Waals surface area contributed by atoms with E-state index in [1.807, 2.05) is 0 Å². The van der Waals surface area contributed by atoms with Crippen LogP contribution in [0.15, 0.2) is 29.2 Å². The molecule has 1 aromatic carbocycles. The van der Waals surface area contributed by atoms with Crippen molar-refractivity contribution in [1.29, 1.82) is 0 Å². The number of nitrogen functional groups attached to an aromatic ring is 1. The Kier molecular flexibility index (Phi) is 8.00. The van der Waals surface area contributed by atoms with Gasteiger partial charge in [-0.05, 0) is 24.3 Å². The van der Waals surface area contributed by atoms with Crippen LogP contribution < -0.4 is 10.9 Å². The average Bonchev–Trinajstić information content (AvgIpc) is 2.01. The van der Waals surface area contributed by atoms with Gasteiger partial charge in [-0.15, -0.1) is 0 Å². The van der Waals surface area contributed by atoms with Gasteiger partial charge in [-0.1, -0.05) is 67.8 Å². The summed E-state index contributed by atoms with van der Waals surface area (Å²) in [5.74, 6) is 0. The standard InChI is InChI=1S/C6H8N2O2S.CHI3/c7-5-1-3-6(4-2-5)11(8,9)10;2-1(3)4/h1-4H,7H2,(H2,8,9,10);1H. The number of hydrogen-bond donors (Lipinski definition) is 2. The summed E-state index contributed by atoms with van der Waals surface area (Å²) in [5.41, 5.74) is 5.85. The fourth-order valence-electron chi connectivity index (χ4n) is 0.658. The lowest BCUT2D eigenvalue weighted by Gasteiger charge is -1.96. The second-order valence-electron chi connectivity index (χ2n) is 2.36. The fourth-order valence-corrected chi connectivity index (χ4v) is 1.17. The van der Waals surface area contributed by atoms with Gasteiger partial charge in [-0.2, -0.15) is 0 Å². The van der Waals surface area contributed by atoms with Crippen molar-refractivity contribution in [2.24, 2.45) is 5.14 Å². The molecule has 0 aliphatic heterocycles. The SMILES string of the molecule is IC(I)I.Nc1ccc(S(N)(=O)=O)cc1. The maximum Gasteiger partial charge on any atom is 0.238 e. The number of hydrogen-bond acceptors (Lipinski definition) is 3. The van der Waals surface area contributed by atoms with Crippen molar-refractivity contribution in [1.82, 2.24) is 0 Å². The van der Waals surface area contributed by atoms with E-state index in [0.717, 1.165) is -0.0619 Å². The number of sulfonamides is 1. The maximum absolute atomic E-state index is 10.7. The highest BCUT2D eigenvalue weighted by atomic mass is 127. The van der Waals surface area contributed by atoms with E-state index in [1.54, 1.807) is 0 Å². The first kappa shape index (κ1) is 16.1. The monoisotopic (exact) mass is 566 g/mol. The van der Waals surface area contributed by atoms with Crippen molar-refractivity contribution in [3.8, 4) is 0 Å². The minimum Gasteiger partial charge on any atom is -0.399 e. The Balaban J connectivity index is 0.000000423. The van der Waals surface area contributed by atoms with Crippen LogP contribution in [0.3, 0.4) is 0 Å². The van der Waals surface area contributed by atoms with Crippen LogP contribution in [0, 0.1) is 0 Å². The van der Waals surface area contributed by atoms with E-state index in [0.29, 0.717) is 5.69 Å². The van der Waals surface area contributed by atoms with Gasteiger partial charge in [0.15, 0.2) is 0 Å². The minimum absolute atomic E-state index is 0.0756. The molecule has 1 rings (SSSR count). The van der Waals surface area contributed by atoms with Crippen LogP contribution in [0.5, 0.6) is 0 Å². The summed E-state index contributed by atoms with van der Waals surface area (Å²) in [6.45, 7) is 0. The van der Waals surface area contributed by atoms with Crippen LogP contribution in [-0.2, 0) is 10.0 Å². The van der Waals surface area contributed by atoms with Crippen molar-refractivity contribution < 1.29 is 8.42 Å². The Morgan fingerprint density at radius 1 is 1.07 bits per heavy atom. The van der Waals surface area contributed by atoms with E-state index in [4.69, 9.17) is 10.9 Å². The molecule has 0 bridgehead atoms. The molecule has 0 heterocycles. The van der Waals surface area contributed by atoms with E-state index in [1.165, 1.54) is 24.3 Å². The van der Waals surface area contributed by atoms with Gasteiger partial charge >= 0.3 is 0 Å². The third-order valence-electron chi connectivity index (χ3n) is 1.21. The number of anilines is 1. The van der Waals surface area contributed by atoms with Gasteiger partial charge in [-0.25, -0.2) is 13.6 Å². The molecule has 0 aliphatic carbocycles. The normalized spacial score (nSPS) is 10.7. The highest BCUT2D eigenvalue weighted by molar-refractivity contribution is 14.3. The van der Waals surface area contributed by atoms with E-state index >= 15 is 0 Å². The van der Waals surface area contributed by atoms with Crippen molar-refractivity contribution >= 4 is 83.5 Å². The average molecular weight is 566 g/mol. The predicted octanol–water partition coefficient (Wildman–Crippen LogP) is 2.49. The first-order valence-corrected chi connectivity index (χ1v) is 8.82. The van der Waals surface area contributed by atoms with Crippen LogP contribution in [0.2, 0.25) is 0 Å². The summed E-state index contributed by atoms with van der Waals surface area (Å²) in [6, 6.07) is 5.70. The topological polar surface area (TPSA) is 86.2 Å². The lowest BCUT2D eigenvalue weighted by molar-refractivity contribution is 0.598. The third-order valence-corrected chi connectivity index (χ3v) is 2.14. The summed E-state index contributed by atoms with van der Waals surface area (Å²) >= 11 is 6.95. The van der Waals surface area contributed by atoms with Crippen LogP contribution >= 0.6 is 67.8 Å². The Morgan fingerprint density at radius 3 is 1.67 bits per heavy atom. The van der Waals surface area contributed by atoms with E-state index in [2.05, 4.69) is 67.8 Å². The molecule has 0 unspecified atom stereocenters. The zero-order valence-corrected chi connectivity index (χ0v) is 14.7. The molecule has 0 amide bonds. The molecule has 1 aromatic rings. The summed E-state index contributed by atoms with van der Waals surface area (Å²) in [6.07, 6.45) is 0. The Labute approximate surface area is 130 Å². The van der Waals surface area contributed by atoms with Gasteiger partial charge in [-0.3, -0.25) is 0 Å². The number of alkyl halides is 3. The van der Waals surface area contributed by atoms with Crippen LogP contribution in [0.25, 0.3) is 0 Å². The Hall–Kier alpha value is 1.12. The van der Waals surface area contributed by atoms with Crippen molar-refractivity contribution in [3.05, 3.63) is 24.3 Å². The number of primary sulfonamides is 1. The highest BCUT2D eigenvalue weighted by Gasteiger charge is 2.04. The van der Waals surface area contributed by atoms with Crippen molar-refractivity contribution in [3.63, 3.8) is 0 Å². The third kappa shape index (κ3) is 8.88. The summed E-state index contributed by atoms with van der Waals surface area (Å²) < 4.78 is 22.1. The zero-order valence-electron chi connectivity index (χ0n) is 7.40. The van der Waals surface area contributed by atoms with Crippen LogP contribution in [0.4, 0.5) is 5.69 Å². The lowest BCUT2D eigenvalue weighted by Crippen LogP contribution is -2.11. The molecule has 0 saturated heterocycles. The van der Waals surface area contributed by atoms with Gasteiger partial charge in [0.1, 0.15) is -0.0619 Å². The number of benzene rings is 1. The molecule has 0 saturated carbocycles. The molecule has 0 aliphatic rings. The van der Waals surface area contributed by atoms with Gasteiger partial charge in [0.05, 0.1) is 4.90 Å².